The van der Waals surface area contributed by atoms with Gasteiger partial charge in [-0.05, 0) is 17.7 Å². The van der Waals surface area contributed by atoms with E-state index in [1.54, 1.807) is 10.7 Å². The molecule has 150 valence electrons. The van der Waals surface area contributed by atoms with Crippen LogP contribution in [0.15, 0.2) is 54.7 Å². The lowest BCUT2D eigenvalue weighted by Gasteiger charge is -2.28. The van der Waals surface area contributed by atoms with Gasteiger partial charge in [-0.1, -0.05) is 30.3 Å². The van der Waals surface area contributed by atoms with Crippen LogP contribution in [0.4, 0.5) is 8.78 Å². The number of ether oxygens (including phenoxy) is 1. The first-order chi connectivity index (χ1) is 13.9. The molecule has 2 aromatic heterocycles. The second kappa shape index (κ2) is 7.62. The SMILES string of the molecule is CC(F)(F)c1cccnc1C(=O)N1CCn2nc(OCc3ccccc3)cc2C1. The number of amides is 1. The number of carbonyl (C=O) groups excluding carboxylic acids is 1. The largest absolute Gasteiger partial charge is 0.472 e. The van der Waals surface area contributed by atoms with Crippen LogP contribution in [-0.2, 0) is 25.6 Å². The van der Waals surface area contributed by atoms with Crippen molar-refractivity contribution in [3.63, 3.8) is 0 Å². The van der Waals surface area contributed by atoms with Crippen molar-refractivity contribution in [3.8, 4) is 5.88 Å². The van der Waals surface area contributed by atoms with Crippen LogP contribution in [0, 0.1) is 0 Å². The van der Waals surface area contributed by atoms with E-state index in [0.717, 1.165) is 18.2 Å². The Hall–Kier alpha value is -3.29. The maximum Gasteiger partial charge on any atom is 0.273 e. The number of fused-ring (bicyclic) bond motifs is 1. The van der Waals surface area contributed by atoms with Crippen LogP contribution in [-0.4, -0.2) is 32.1 Å². The average Bonchev–Trinajstić information content (AvgIpc) is 3.14. The van der Waals surface area contributed by atoms with Gasteiger partial charge in [-0.2, -0.15) is 0 Å². The van der Waals surface area contributed by atoms with Gasteiger partial charge in [0, 0.05) is 25.7 Å². The van der Waals surface area contributed by atoms with Crippen molar-refractivity contribution in [2.75, 3.05) is 6.54 Å². The van der Waals surface area contributed by atoms with Crippen molar-refractivity contribution in [3.05, 3.63) is 77.2 Å². The Balaban J connectivity index is 1.48. The smallest absolute Gasteiger partial charge is 0.273 e. The molecule has 0 radical (unpaired) electrons. The second-order valence-electron chi connectivity index (χ2n) is 6.99. The molecule has 3 aromatic rings. The molecule has 0 N–H and O–H groups in total. The normalized spacial score (nSPS) is 13.8. The summed E-state index contributed by atoms with van der Waals surface area (Å²) in [5, 5.41) is 4.41. The van der Waals surface area contributed by atoms with Gasteiger partial charge in [-0.3, -0.25) is 14.5 Å². The molecule has 0 atom stereocenters. The zero-order valence-electron chi connectivity index (χ0n) is 15.9. The number of halogens is 2. The Bertz CT molecular complexity index is 1020. The van der Waals surface area contributed by atoms with E-state index in [9.17, 15) is 13.6 Å². The van der Waals surface area contributed by atoms with Gasteiger partial charge < -0.3 is 9.64 Å². The van der Waals surface area contributed by atoms with Crippen molar-refractivity contribution in [2.45, 2.75) is 32.5 Å². The minimum absolute atomic E-state index is 0.214. The third kappa shape index (κ3) is 4.11. The van der Waals surface area contributed by atoms with Gasteiger partial charge in [0.1, 0.15) is 12.3 Å². The van der Waals surface area contributed by atoms with Gasteiger partial charge in [-0.15, -0.1) is 5.10 Å². The summed E-state index contributed by atoms with van der Waals surface area (Å²) in [6.07, 6.45) is 1.35. The quantitative estimate of drug-likeness (QED) is 0.659. The molecule has 8 heteroatoms. The topological polar surface area (TPSA) is 60.2 Å². The number of alkyl halides is 2. The van der Waals surface area contributed by atoms with Gasteiger partial charge in [-0.25, -0.2) is 8.78 Å². The van der Waals surface area contributed by atoms with Crippen LogP contribution < -0.4 is 4.74 Å². The number of aromatic nitrogens is 3. The second-order valence-corrected chi connectivity index (χ2v) is 6.99. The highest BCUT2D eigenvalue weighted by Gasteiger charge is 2.33. The van der Waals surface area contributed by atoms with E-state index in [-0.39, 0.29) is 17.8 Å². The maximum atomic E-state index is 13.9. The number of benzene rings is 1. The summed E-state index contributed by atoms with van der Waals surface area (Å²) in [4.78, 5) is 18.3. The number of nitrogens with zero attached hydrogens (tertiary/aromatic N) is 4. The Morgan fingerprint density at radius 1 is 1.17 bits per heavy atom. The molecule has 0 saturated carbocycles. The van der Waals surface area contributed by atoms with Crippen LogP contribution >= 0.6 is 0 Å². The molecule has 1 aliphatic rings. The van der Waals surface area contributed by atoms with Crippen LogP contribution in [0.3, 0.4) is 0 Å². The van der Waals surface area contributed by atoms with Crippen molar-refractivity contribution >= 4 is 5.91 Å². The summed E-state index contributed by atoms with van der Waals surface area (Å²) in [6.45, 7) is 2.23. The Morgan fingerprint density at radius 2 is 1.97 bits per heavy atom. The summed E-state index contributed by atoms with van der Waals surface area (Å²) in [5.41, 5.74) is 1.23. The molecule has 4 rings (SSSR count). The highest BCUT2D eigenvalue weighted by molar-refractivity contribution is 5.94. The van der Waals surface area contributed by atoms with E-state index in [0.29, 0.717) is 25.6 Å². The van der Waals surface area contributed by atoms with Gasteiger partial charge in [0.2, 0.25) is 5.88 Å². The summed E-state index contributed by atoms with van der Waals surface area (Å²) in [6, 6.07) is 14.2. The maximum absolute atomic E-state index is 13.9. The molecule has 6 nitrogen and oxygen atoms in total. The zero-order chi connectivity index (χ0) is 20.4. The van der Waals surface area contributed by atoms with Gasteiger partial charge in [0.25, 0.3) is 11.8 Å². The van der Waals surface area contributed by atoms with Crippen LogP contribution in [0.5, 0.6) is 5.88 Å². The monoisotopic (exact) mass is 398 g/mol. The number of hydrogen-bond donors (Lipinski definition) is 0. The molecular weight excluding hydrogens is 378 g/mol. The number of rotatable bonds is 5. The number of carbonyl (C=O) groups is 1. The summed E-state index contributed by atoms with van der Waals surface area (Å²) in [5.74, 6) is -3.19. The van der Waals surface area contributed by atoms with Gasteiger partial charge >= 0.3 is 0 Å². The van der Waals surface area contributed by atoms with E-state index >= 15 is 0 Å². The fraction of sp³-hybridized carbons (Fsp3) is 0.286. The Labute approximate surface area is 166 Å². The van der Waals surface area contributed by atoms with Gasteiger partial charge in [0.05, 0.1) is 24.3 Å². The van der Waals surface area contributed by atoms with Crippen molar-refractivity contribution in [1.82, 2.24) is 19.7 Å². The minimum Gasteiger partial charge on any atom is -0.472 e. The first-order valence-electron chi connectivity index (χ1n) is 9.28. The molecule has 0 unspecified atom stereocenters. The molecule has 29 heavy (non-hydrogen) atoms. The van der Waals surface area contributed by atoms with E-state index in [2.05, 4.69) is 10.1 Å². The molecule has 1 aliphatic heterocycles. The molecule has 1 aromatic carbocycles. The number of pyridine rings is 1. The molecular formula is C21H20F2N4O2. The van der Waals surface area contributed by atoms with Crippen LogP contribution in [0.1, 0.15) is 34.2 Å². The molecule has 0 saturated heterocycles. The predicted molar refractivity (Wildman–Crippen MR) is 102 cm³/mol. The molecule has 0 fully saturated rings. The predicted octanol–water partition coefficient (Wildman–Crippen LogP) is 3.62. The molecule has 1 amide bonds. The zero-order valence-corrected chi connectivity index (χ0v) is 15.9. The first-order valence-corrected chi connectivity index (χ1v) is 9.28. The van der Waals surface area contributed by atoms with Crippen molar-refractivity contribution < 1.29 is 18.3 Å². The fourth-order valence-electron chi connectivity index (χ4n) is 3.30. The highest BCUT2D eigenvalue weighted by Crippen LogP contribution is 2.30. The molecule has 0 aliphatic carbocycles. The average molecular weight is 398 g/mol. The van der Waals surface area contributed by atoms with Gasteiger partial charge in [0.15, 0.2) is 0 Å². The lowest BCUT2D eigenvalue weighted by atomic mass is 10.1. The van der Waals surface area contributed by atoms with E-state index in [1.165, 1.54) is 23.2 Å². The summed E-state index contributed by atoms with van der Waals surface area (Å²) >= 11 is 0. The third-order valence-electron chi connectivity index (χ3n) is 4.78. The third-order valence-corrected chi connectivity index (χ3v) is 4.78. The summed E-state index contributed by atoms with van der Waals surface area (Å²) in [7, 11) is 0. The first kappa shape index (κ1) is 19.0. The van der Waals surface area contributed by atoms with E-state index < -0.39 is 11.8 Å². The fourth-order valence-corrected chi connectivity index (χ4v) is 3.30. The Morgan fingerprint density at radius 3 is 2.72 bits per heavy atom. The van der Waals surface area contributed by atoms with E-state index in [4.69, 9.17) is 4.74 Å². The van der Waals surface area contributed by atoms with Crippen molar-refractivity contribution in [1.29, 1.82) is 0 Å². The lowest BCUT2D eigenvalue weighted by Crippen LogP contribution is -2.39. The standard InChI is InChI=1S/C21H20F2N4O2/c1-21(22,23)17-8-5-9-24-19(17)20(28)26-10-11-27-16(13-26)12-18(25-27)29-14-15-6-3-2-4-7-15/h2-9,12H,10-11,13-14H2,1H3. The van der Waals surface area contributed by atoms with Crippen LogP contribution in [0.25, 0.3) is 0 Å². The lowest BCUT2D eigenvalue weighted by molar-refractivity contribution is 0.0150. The van der Waals surface area contributed by atoms with Crippen LogP contribution in [0.2, 0.25) is 0 Å². The minimum atomic E-state index is -3.14. The van der Waals surface area contributed by atoms with E-state index in [1.807, 2.05) is 30.3 Å². The number of hydrogen-bond acceptors (Lipinski definition) is 4. The summed E-state index contributed by atoms with van der Waals surface area (Å²) < 4.78 is 35.3. The highest BCUT2D eigenvalue weighted by atomic mass is 19.3. The van der Waals surface area contributed by atoms with Crippen molar-refractivity contribution in [2.24, 2.45) is 0 Å². The Kier molecular flexibility index (Phi) is 5.00. The molecule has 3 heterocycles. The molecule has 0 bridgehead atoms. The molecule has 0 spiro atoms.